The summed E-state index contributed by atoms with van der Waals surface area (Å²) < 4.78 is 5.61. The molecule has 1 N–H and O–H groups in total. The van der Waals surface area contributed by atoms with E-state index < -0.39 is 0 Å². The number of rotatable bonds is 5. The van der Waals surface area contributed by atoms with Crippen molar-refractivity contribution in [3.05, 3.63) is 52.8 Å². The van der Waals surface area contributed by atoms with Gasteiger partial charge in [0.05, 0.1) is 11.1 Å². The molecule has 0 saturated heterocycles. The predicted octanol–water partition coefficient (Wildman–Crippen LogP) is 4.44. The Morgan fingerprint density at radius 3 is 2.65 bits per heavy atom. The topological polar surface area (TPSA) is 34.1 Å². The smallest absolute Gasteiger partial charge is 0.138 e. The highest BCUT2D eigenvalue weighted by atomic mass is 35.5. The van der Waals surface area contributed by atoms with E-state index in [0.717, 1.165) is 16.9 Å². The summed E-state index contributed by atoms with van der Waals surface area (Å²) in [5, 5.41) is 3.94. The van der Waals surface area contributed by atoms with Crippen molar-refractivity contribution in [2.45, 2.75) is 33.4 Å². The van der Waals surface area contributed by atoms with Gasteiger partial charge < -0.3 is 10.1 Å². The molecular formula is C16H19ClN2O. The van der Waals surface area contributed by atoms with Crippen molar-refractivity contribution in [2.24, 2.45) is 0 Å². The maximum absolute atomic E-state index is 6.20. The third-order valence-electron chi connectivity index (χ3n) is 2.76. The highest BCUT2D eigenvalue weighted by Crippen LogP contribution is 2.28. The minimum Gasteiger partial charge on any atom is -0.489 e. The van der Waals surface area contributed by atoms with Crippen molar-refractivity contribution in [2.75, 3.05) is 5.32 Å². The Labute approximate surface area is 124 Å². The van der Waals surface area contributed by atoms with Crippen molar-refractivity contribution >= 4 is 17.3 Å². The predicted molar refractivity (Wildman–Crippen MR) is 83.5 cm³/mol. The monoisotopic (exact) mass is 290 g/mol. The van der Waals surface area contributed by atoms with Gasteiger partial charge in [-0.15, -0.1) is 0 Å². The normalized spacial score (nSPS) is 10.7. The SMILES string of the molecule is Cc1ccc(CNc2ccc(OC(C)C)c(Cl)c2)cn1. The molecule has 0 aliphatic rings. The van der Waals surface area contributed by atoms with E-state index in [-0.39, 0.29) is 6.10 Å². The number of hydrogen-bond acceptors (Lipinski definition) is 3. The highest BCUT2D eigenvalue weighted by molar-refractivity contribution is 6.32. The summed E-state index contributed by atoms with van der Waals surface area (Å²) in [5.74, 6) is 0.712. The third kappa shape index (κ3) is 4.14. The van der Waals surface area contributed by atoms with Crippen LogP contribution in [0.5, 0.6) is 5.75 Å². The molecule has 4 heteroatoms. The van der Waals surface area contributed by atoms with Crippen LogP contribution in [-0.4, -0.2) is 11.1 Å². The summed E-state index contributed by atoms with van der Waals surface area (Å²) >= 11 is 6.20. The minimum absolute atomic E-state index is 0.116. The van der Waals surface area contributed by atoms with Gasteiger partial charge in [-0.1, -0.05) is 17.7 Å². The van der Waals surface area contributed by atoms with E-state index >= 15 is 0 Å². The molecule has 0 aliphatic heterocycles. The zero-order valence-corrected chi connectivity index (χ0v) is 12.7. The van der Waals surface area contributed by atoms with Crippen LogP contribution in [0.25, 0.3) is 0 Å². The number of hydrogen-bond donors (Lipinski definition) is 1. The van der Waals surface area contributed by atoms with Crippen LogP contribution in [0.3, 0.4) is 0 Å². The van der Waals surface area contributed by atoms with Crippen molar-refractivity contribution < 1.29 is 4.74 Å². The Morgan fingerprint density at radius 2 is 2.05 bits per heavy atom. The lowest BCUT2D eigenvalue weighted by molar-refractivity contribution is 0.242. The molecule has 1 heterocycles. The van der Waals surface area contributed by atoms with Crippen molar-refractivity contribution in [1.29, 1.82) is 0 Å². The average molecular weight is 291 g/mol. The standard InChI is InChI=1S/C16H19ClN2O/c1-11(2)20-16-7-6-14(8-15(16)17)19-10-13-5-4-12(3)18-9-13/h4-9,11,19H,10H2,1-3H3. The molecule has 20 heavy (non-hydrogen) atoms. The Bertz CT molecular complexity index is 567. The van der Waals surface area contributed by atoms with E-state index in [4.69, 9.17) is 16.3 Å². The average Bonchev–Trinajstić information content (AvgIpc) is 2.40. The Morgan fingerprint density at radius 1 is 1.25 bits per heavy atom. The number of ether oxygens (including phenoxy) is 1. The molecule has 0 spiro atoms. The van der Waals surface area contributed by atoms with Gasteiger partial charge in [0.2, 0.25) is 0 Å². The summed E-state index contributed by atoms with van der Waals surface area (Å²) in [5.41, 5.74) is 3.12. The molecule has 0 aliphatic carbocycles. The van der Waals surface area contributed by atoms with Crippen LogP contribution >= 0.6 is 11.6 Å². The molecule has 1 aromatic carbocycles. The number of aryl methyl sites for hydroxylation is 1. The van der Waals surface area contributed by atoms with Gasteiger partial charge in [0.15, 0.2) is 0 Å². The first-order chi connectivity index (χ1) is 9.54. The minimum atomic E-state index is 0.116. The Hall–Kier alpha value is -1.74. The lowest BCUT2D eigenvalue weighted by atomic mass is 10.2. The number of pyridine rings is 1. The van der Waals surface area contributed by atoms with Gasteiger partial charge in [0.1, 0.15) is 5.75 Å². The van der Waals surface area contributed by atoms with Crippen LogP contribution in [0.2, 0.25) is 5.02 Å². The number of nitrogens with one attached hydrogen (secondary N) is 1. The lowest BCUT2D eigenvalue weighted by Gasteiger charge is -2.13. The third-order valence-corrected chi connectivity index (χ3v) is 3.06. The summed E-state index contributed by atoms with van der Waals surface area (Å²) in [7, 11) is 0. The maximum atomic E-state index is 6.20. The fourth-order valence-electron chi connectivity index (χ4n) is 1.77. The molecular weight excluding hydrogens is 272 g/mol. The largest absolute Gasteiger partial charge is 0.489 e. The quantitative estimate of drug-likeness (QED) is 0.884. The molecule has 0 unspecified atom stereocenters. The summed E-state index contributed by atoms with van der Waals surface area (Å²) in [4.78, 5) is 4.27. The molecule has 2 rings (SSSR count). The Kier molecular flexibility index (Phi) is 4.85. The van der Waals surface area contributed by atoms with Gasteiger partial charge in [-0.05, 0) is 50.6 Å². The molecule has 0 fully saturated rings. The van der Waals surface area contributed by atoms with E-state index in [1.807, 2.05) is 51.2 Å². The summed E-state index contributed by atoms with van der Waals surface area (Å²) in [6.45, 7) is 6.65. The number of aromatic nitrogens is 1. The van der Waals surface area contributed by atoms with E-state index in [1.165, 1.54) is 0 Å². The molecule has 0 amide bonds. The second kappa shape index (κ2) is 6.62. The summed E-state index contributed by atoms with van der Waals surface area (Å²) in [6, 6.07) is 9.79. The number of halogens is 1. The first kappa shape index (κ1) is 14.7. The molecule has 0 atom stereocenters. The number of benzene rings is 1. The van der Waals surface area contributed by atoms with Crippen LogP contribution in [0.4, 0.5) is 5.69 Å². The van der Waals surface area contributed by atoms with E-state index in [9.17, 15) is 0 Å². The molecule has 1 aromatic heterocycles. The highest BCUT2D eigenvalue weighted by Gasteiger charge is 2.05. The van der Waals surface area contributed by atoms with E-state index in [2.05, 4.69) is 16.4 Å². The van der Waals surface area contributed by atoms with Crippen LogP contribution in [0.1, 0.15) is 25.1 Å². The maximum Gasteiger partial charge on any atom is 0.138 e. The van der Waals surface area contributed by atoms with Crippen LogP contribution in [0, 0.1) is 6.92 Å². The summed E-state index contributed by atoms with van der Waals surface area (Å²) in [6.07, 6.45) is 1.99. The van der Waals surface area contributed by atoms with Gasteiger partial charge >= 0.3 is 0 Å². The van der Waals surface area contributed by atoms with Gasteiger partial charge in [-0.3, -0.25) is 4.98 Å². The first-order valence-electron chi connectivity index (χ1n) is 6.66. The van der Waals surface area contributed by atoms with Crippen molar-refractivity contribution in [1.82, 2.24) is 4.98 Å². The molecule has 2 aromatic rings. The second-order valence-electron chi connectivity index (χ2n) is 4.97. The van der Waals surface area contributed by atoms with Gasteiger partial charge in [0, 0.05) is 24.1 Å². The fraction of sp³-hybridized carbons (Fsp3) is 0.312. The van der Waals surface area contributed by atoms with Crippen LogP contribution in [-0.2, 0) is 6.54 Å². The lowest BCUT2D eigenvalue weighted by Crippen LogP contribution is -2.06. The van der Waals surface area contributed by atoms with Crippen molar-refractivity contribution in [3.63, 3.8) is 0 Å². The van der Waals surface area contributed by atoms with Crippen LogP contribution < -0.4 is 10.1 Å². The zero-order chi connectivity index (χ0) is 14.5. The number of nitrogens with zero attached hydrogens (tertiary/aromatic N) is 1. The molecule has 3 nitrogen and oxygen atoms in total. The van der Waals surface area contributed by atoms with Crippen LogP contribution in [0.15, 0.2) is 36.5 Å². The second-order valence-corrected chi connectivity index (χ2v) is 5.38. The van der Waals surface area contributed by atoms with E-state index in [0.29, 0.717) is 17.3 Å². The molecule has 0 saturated carbocycles. The van der Waals surface area contributed by atoms with Gasteiger partial charge in [-0.25, -0.2) is 0 Å². The molecule has 0 bridgehead atoms. The Balaban J connectivity index is 1.99. The molecule has 0 radical (unpaired) electrons. The van der Waals surface area contributed by atoms with Crippen molar-refractivity contribution in [3.8, 4) is 5.75 Å². The molecule has 106 valence electrons. The van der Waals surface area contributed by atoms with E-state index in [1.54, 1.807) is 0 Å². The van der Waals surface area contributed by atoms with Gasteiger partial charge in [0.25, 0.3) is 0 Å². The van der Waals surface area contributed by atoms with Gasteiger partial charge in [-0.2, -0.15) is 0 Å². The zero-order valence-electron chi connectivity index (χ0n) is 12.0. The fourth-order valence-corrected chi connectivity index (χ4v) is 1.99. The number of anilines is 1. The first-order valence-corrected chi connectivity index (χ1v) is 7.04.